The molecule has 1 aromatic heterocycles. The molecule has 3 aliphatic rings. The van der Waals surface area contributed by atoms with Gasteiger partial charge in [-0.3, -0.25) is 9.69 Å². The van der Waals surface area contributed by atoms with Crippen molar-refractivity contribution in [2.24, 2.45) is 5.92 Å². The standard InChI is InChI=1S/C20H31N5OS/c26-18(17-5-3-10-24(15-17)19-21-8-4-9-22-19)23-16-20(6-1-2-7-20)25-11-13-27-14-12-25/h4,8-9,17H,1-3,5-7,10-16H2,(H,23,26). The molecule has 6 nitrogen and oxygen atoms in total. The van der Waals surface area contributed by atoms with E-state index >= 15 is 0 Å². The molecule has 1 amide bonds. The number of rotatable bonds is 5. The van der Waals surface area contributed by atoms with E-state index in [9.17, 15) is 4.79 Å². The predicted molar refractivity (Wildman–Crippen MR) is 110 cm³/mol. The highest BCUT2D eigenvalue weighted by Gasteiger charge is 2.40. The molecule has 1 aromatic rings. The van der Waals surface area contributed by atoms with Crippen LogP contribution in [0.25, 0.3) is 0 Å². The minimum Gasteiger partial charge on any atom is -0.354 e. The van der Waals surface area contributed by atoms with Crippen molar-refractivity contribution in [1.82, 2.24) is 20.2 Å². The molecule has 7 heteroatoms. The topological polar surface area (TPSA) is 61.4 Å². The largest absolute Gasteiger partial charge is 0.354 e. The Morgan fingerprint density at radius 1 is 1.15 bits per heavy atom. The summed E-state index contributed by atoms with van der Waals surface area (Å²) in [4.78, 5) is 26.5. The Morgan fingerprint density at radius 2 is 1.89 bits per heavy atom. The van der Waals surface area contributed by atoms with Gasteiger partial charge in [-0.25, -0.2) is 9.97 Å². The third kappa shape index (κ3) is 4.40. The molecule has 0 bridgehead atoms. The average molecular weight is 390 g/mol. The number of anilines is 1. The zero-order valence-electron chi connectivity index (χ0n) is 16.1. The summed E-state index contributed by atoms with van der Waals surface area (Å²) in [5, 5.41) is 3.35. The maximum absolute atomic E-state index is 13.0. The first-order valence-electron chi connectivity index (χ1n) is 10.4. The summed E-state index contributed by atoms with van der Waals surface area (Å²) in [5.41, 5.74) is 0.202. The van der Waals surface area contributed by atoms with Crippen molar-refractivity contribution < 1.29 is 4.79 Å². The van der Waals surface area contributed by atoms with E-state index in [1.807, 2.05) is 6.07 Å². The van der Waals surface area contributed by atoms with Gasteiger partial charge < -0.3 is 10.2 Å². The molecule has 1 saturated carbocycles. The van der Waals surface area contributed by atoms with Crippen LogP contribution in [0.5, 0.6) is 0 Å². The summed E-state index contributed by atoms with van der Waals surface area (Å²) >= 11 is 2.06. The first-order chi connectivity index (χ1) is 13.3. The molecule has 27 heavy (non-hydrogen) atoms. The van der Waals surface area contributed by atoms with Gasteiger partial charge in [0.2, 0.25) is 11.9 Å². The Labute approximate surface area is 166 Å². The van der Waals surface area contributed by atoms with Gasteiger partial charge in [-0.2, -0.15) is 11.8 Å². The minimum absolute atomic E-state index is 0.0397. The molecule has 1 N–H and O–H groups in total. The van der Waals surface area contributed by atoms with E-state index in [0.29, 0.717) is 0 Å². The highest BCUT2D eigenvalue weighted by molar-refractivity contribution is 7.99. The normalized spacial score (nSPS) is 26.1. The number of nitrogens with zero attached hydrogens (tertiary/aromatic N) is 4. The molecule has 1 aliphatic carbocycles. The van der Waals surface area contributed by atoms with Crippen LogP contribution in [0.2, 0.25) is 0 Å². The van der Waals surface area contributed by atoms with Gasteiger partial charge in [0, 0.05) is 62.2 Å². The Balaban J connectivity index is 1.35. The average Bonchev–Trinajstić information content (AvgIpc) is 3.24. The Bertz CT molecular complexity index is 616. The third-order valence-electron chi connectivity index (χ3n) is 6.44. The SMILES string of the molecule is O=C(NCC1(N2CCSCC2)CCCC1)C1CCCN(c2ncccn2)C1. The molecule has 148 valence electrons. The van der Waals surface area contributed by atoms with Crippen LogP contribution >= 0.6 is 11.8 Å². The second kappa shape index (κ2) is 8.78. The van der Waals surface area contributed by atoms with Crippen molar-refractivity contribution in [3.8, 4) is 0 Å². The van der Waals surface area contributed by atoms with E-state index in [1.165, 1.54) is 50.3 Å². The fourth-order valence-electron chi connectivity index (χ4n) is 4.90. The van der Waals surface area contributed by atoms with Crippen LogP contribution in [-0.2, 0) is 4.79 Å². The molecular formula is C20H31N5OS. The summed E-state index contributed by atoms with van der Waals surface area (Å²) < 4.78 is 0. The molecule has 4 rings (SSSR count). The van der Waals surface area contributed by atoms with Gasteiger partial charge in [-0.15, -0.1) is 0 Å². The quantitative estimate of drug-likeness (QED) is 0.833. The van der Waals surface area contributed by atoms with Crippen LogP contribution in [-0.4, -0.2) is 70.5 Å². The highest BCUT2D eigenvalue weighted by Crippen LogP contribution is 2.36. The monoisotopic (exact) mass is 389 g/mol. The Kier molecular flexibility index (Phi) is 6.18. The Morgan fingerprint density at radius 3 is 2.63 bits per heavy atom. The maximum atomic E-state index is 13.0. The van der Waals surface area contributed by atoms with Gasteiger partial charge in [0.1, 0.15) is 0 Å². The lowest BCUT2D eigenvalue weighted by molar-refractivity contribution is -0.126. The summed E-state index contributed by atoms with van der Waals surface area (Å²) in [6.45, 7) is 4.81. The number of piperidine rings is 1. The zero-order valence-corrected chi connectivity index (χ0v) is 16.9. The maximum Gasteiger partial charge on any atom is 0.225 e. The second-order valence-corrected chi connectivity index (χ2v) is 9.31. The smallest absolute Gasteiger partial charge is 0.225 e. The molecule has 2 aliphatic heterocycles. The van der Waals surface area contributed by atoms with Crippen molar-refractivity contribution >= 4 is 23.6 Å². The first-order valence-corrected chi connectivity index (χ1v) is 11.5. The van der Waals surface area contributed by atoms with E-state index in [4.69, 9.17) is 0 Å². The van der Waals surface area contributed by atoms with Crippen molar-refractivity contribution in [2.45, 2.75) is 44.1 Å². The van der Waals surface area contributed by atoms with Gasteiger partial charge in [0.15, 0.2) is 0 Å². The summed E-state index contributed by atoms with van der Waals surface area (Å²) in [6, 6.07) is 1.83. The molecule has 3 heterocycles. The van der Waals surface area contributed by atoms with Crippen LogP contribution in [0, 0.1) is 5.92 Å². The summed E-state index contributed by atoms with van der Waals surface area (Å²) in [6.07, 6.45) is 10.6. The lowest BCUT2D eigenvalue weighted by atomic mass is 9.93. The van der Waals surface area contributed by atoms with Gasteiger partial charge in [0.05, 0.1) is 5.92 Å². The number of hydrogen-bond acceptors (Lipinski definition) is 6. The van der Waals surface area contributed by atoms with Crippen LogP contribution in [0.4, 0.5) is 5.95 Å². The van der Waals surface area contributed by atoms with Crippen molar-refractivity contribution in [1.29, 1.82) is 0 Å². The number of hydrogen-bond donors (Lipinski definition) is 1. The minimum atomic E-state index is 0.0397. The predicted octanol–water partition coefficient (Wildman–Crippen LogP) is 2.17. The molecular weight excluding hydrogens is 358 g/mol. The molecule has 0 radical (unpaired) electrons. The number of amides is 1. The van der Waals surface area contributed by atoms with Crippen molar-refractivity contribution in [3.63, 3.8) is 0 Å². The van der Waals surface area contributed by atoms with E-state index in [0.717, 1.165) is 38.4 Å². The summed E-state index contributed by atoms with van der Waals surface area (Å²) in [5.74, 6) is 3.45. The molecule has 1 atom stereocenters. The fourth-order valence-corrected chi connectivity index (χ4v) is 5.80. The molecule has 2 saturated heterocycles. The van der Waals surface area contributed by atoms with E-state index in [1.54, 1.807) is 12.4 Å². The van der Waals surface area contributed by atoms with E-state index in [2.05, 4.69) is 36.8 Å². The van der Waals surface area contributed by atoms with Gasteiger partial charge in [-0.05, 0) is 31.7 Å². The number of carbonyl (C=O) groups excluding carboxylic acids is 1. The highest BCUT2D eigenvalue weighted by atomic mass is 32.2. The zero-order chi connectivity index (χ0) is 18.5. The number of nitrogens with one attached hydrogen (secondary N) is 1. The van der Waals surface area contributed by atoms with Gasteiger partial charge in [-0.1, -0.05) is 12.8 Å². The van der Waals surface area contributed by atoms with Crippen LogP contribution < -0.4 is 10.2 Å². The van der Waals surface area contributed by atoms with Crippen LogP contribution in [0.3, 0.4) is 0 Å². The van der Waals surface area contributed by atoms with Crippen molar-refractivity contribution in [3.05, 3.63) is 18.5 Å². The molecule has 3 fully saturated rings. The van der Waals surface area contributed by atoms with Crippen LogP contribution in [0.15, 0.2) is 18.5 Å². The number of carbonyl (C=O) groups is 1. The van der Waals surface area contributed by atoms with E-state index in [-0.39, 0.29) is 17.4 Å². The number of aromatic nitrogens is 2. The lowest BCUT2D eigenvalue weighted by Crippen LogP contribution is -2.57. The molecule has 0 spiro atoms. The van der Waals surface area contributed by atoms with Gasteiger partial charge >= 0.3 is 0 Å². The Hall–Kier alpha value is -1.34. The number of thioether (sulfide) groups is 1. The second-order valence-electron chi connectivity index (χ2n) is 8.08. The molecule has 1 unspecified atom stereocenters. The fraction of sp³-hybridized carbons (Fsp3) is 0.750. The summed E-state index contributed by atoms with van der Waals surface area (Å²) in [7, 11) is 0. The van der Waals surface area contributed by atoms with Gasteiger partial charge in [0.25, 0.3) is 0 Å². The van der Waals surface area contributed by atoms with Crippen LogP contribution in [0.1, 0.15) is 38.5 Å². The first kappa shape index (κ1) is 19.0. The lowest BCUT2D eigenvalue weighted by Gasteiger charge is -2.44. The van der Waals surface area contributed by atoms with E-state index < -0.39 is 0 Å². The molecule has 0 aromatic carbocycles. The van der Waals surface area contributed by atoms with Crippen molar-refractivity contribution in [2.75, 3.05) is 49.1 Å². The third-order valence-corrected chi connectivity index (χ3v) is 7.38.